The molecule has 1 aliphatic heterocycles. The van der Waals surface area contributed by atoms with E-state index in [0.29, 0.717) is 19.8 Å². The van der Waals surface area contributed by atoms with Gasteiger partial charge in [-0.05, 0) is 20.8 Å². The maximum atomic E-state index is 11.7. The molecule has 1 fully saturated rings. The topological polar surface area (TPSA) is 38.8 Å². The molecule has 1 unspecified atom stereocenters. The number of hydrogen-bond donors (Lipinski definition) is 0. The average molecular weight is 201 g/mol. The Morgan fingerprint density at radius 3 is 2.93 bits per heavy atom. The minimum absolute atomic E-state index is 0.0644. The number of nitrogens with zero attached hydrogens (tertiary/aromatic N) is 1. The number of hydrogen-bond acceptors (Lipinski definition) is 3. The van der Waals surface area contributed by atoms with Crippen LogP contribution in [0.4, 0.5) is 0 Å². The highest BCUT2D eigenvalue weighted by Crippen LogP contribution is 2.06. The molecule has 4 nitrogen and oxygen atoms in total. The van der Waals surface area contributed by atoms with Gasteiger partial charge < -0.3 is 14.4 Å². The summed E-state index contributed by atoms with van der Waals surface area (Å²) in [5, 5.41) is 0. The predicted molar refractivity (Wildman–Crippen MR) is 53.1 cm³/mol. The highest BCUT2D eigenvalue weighted by atomic mass is 16.5. The molecule has 0 spiro atoms. The zero-order valence-electron chi connectivity index (χ0n) is 9.16. The molecule has 4 heteroatoms. The van der Waals surface area contributed by atoms with Crippen LogP contribution in [0.2, 0.25) is 0 Å². The van der Waals surface area contributed by atoms with E-state index in [1.54, 1.807) is 0 Å². The van der Waals surface area contributed by atoms with E-state index in [0.717, 1.165) is 0 Å². The van der Waals surface area contributed by atoms with Crippen molar-refractivity contribution < 1.29 is 14.3 Å². The van der Waals surface area contributed by atoms with Gasteiger partial charge in [-0.15, -0.1) is 0 Å². The average Bonchev–Trinajstić information content (AvgIpc) is 2.15. The molecule has 14 heavy (non-hydrogen) atoms. The maximum Gasteiger partial charge on any atom is 0.248 e. The van der Waals surface area contributed by atoms with Gasteiger partial charge in [-0.1, -0.05) is 0 Å². The summed E-state index contributed by atoms with van der Waals surface area (Å²) in [4.78, 5) is 13.5. The van der Waals surface area contributed by atoms with Crippen LogP contribution in [0.3, 0.4) is 0 Å². The first-order valence-corrected chi connectivity index (χ1v) is 5.10. The van der Waals surface area contributed by atoms with E-state index in [9.17, 15) is 4.79 Å². The molecule has 1 aliphatic rings. The second-order valence-corrected chi connectivity index (χ2v) is 3.87. The lowest BCUT2D eigenvalue weighted by Gasteiger charge is -2.33. The Morgan fingerprint density at radius 2 is 2.36 bits per heavy atom. The Morgan fingerprint density at radius 1 is 1.64 bits per heavy atom. The molecule has 0 aliphatic carbocycles. The van der Waals surface area contributed by atoms with Crippen LogP contribution >= 0.6 is 0 Å². The molecule has 1 atom stereocenters. The van der Waals surface area contributed by atoms with E-state index < -0.39 is 0 Å². The van der Waals surface area contributed by atoms with Gasteiger partial charge >= 0.3 is 0 Å². The lowest BCUT2D eigenvalue weighted by Crippen LogP contribution is -2.48. The molecule has 0 radical (unpaired) electrons. The number of rotatable bonds is 3. The van der Waals surface area contributed by atoms with Crippen molar-refractivity contribution in [2.75, 3.05) is 26.4 Å². The van der Waals surface area contributed by atoms with Crippen LogP contribution in [-0.2, 0) is 14.3 Å². The van der Waals surface area contributed by atoms with Gasteiger partial charge in [0.1, 0.15) is 6.61 Å². The van der Waals surface area contributed by atoms with Gasteiger partial charge in [0.05, 0.1) is 25.4 Å². The van der Waals surface area contributed by atoms with Gasteiger partial charge in [0.2, 0.25) is 5.91 Å². The molecule has 1 heterocycles. The molecule has 1 amide bonds. The summed E-state index contributed by atoms with van der Waals surface area (Å²) in [6.45, 7) is 7.98. The molecule has 0 aromatic rings. The van der Waals surface area contributed by atoms with E-state index in [-0.39, 0.29) is 24.7 Å². The zero-order chi connectivity index (χ0) is 10.6. The molecule has 0 bridgehead atoms. The zero-order valence-corrected chi connectivity index (χ0v) is 9.16. The third-order valence-electron chi connectivity index (χ3n) is 2.23. The van der Waals surface area contributed by atoms with Gasteiger partial charge in [-0.3, -0.25) is 4.79 Å². The van der Waals surface area contributed by atoms with Gasteiger partial charge in [0.25, 0.3) is 0 Å². The quantitative estimate of drug-likeness (QED) is 0.673. The maximum absolute atomic E-state index is 11.7. The van der Waals surface area contributed by atoms with E-state index in [4.69, 9.17) is 9.47 Å². The molecular formula is C10H19NO3. The monoisotopic (exact) mass is 201 g/mol. The van der Waals surface area contributed by atoms with E-state index >= 15 is 0 Å². The summed E-state index contributed by atoms with van der Waals surface area (Å²) in [6.07, 6.45) is 0.107. The normalized spacial score (nSPS) is 22.9. The van der Waals surface area contributed by atoms with Crippen molar-refractivity contribution in [1.29, 1.82) is 0 Å². The van der Waals surface area contributed by atoms with Crippen LogP contribution in [-0.4, -0.2) is 49.3 Å². The third-order valence-corrected chi connectivity index (χ3v) is 2.23. The van der Waals surface area contributed by atoms with Crippen LogP contribution in [0, 0.1) is 0 Å². The van der Waals surface area contributed by atoms with Crippen molar-refractivity contribution in [2.45, 2.75) is 32.9 Å². The molecule has 0 aromatic heterocycles. The van der Waals surface area contributed by atoms with Crippen LogP contribution < -0.4 is 0 Å². The lowest BCUT2D eigenvalue weighted by molar-refractivity contribution is -0.145. The summed E-state index contributed by atoms with van der Waals surface area (Å²) in [5.74, 6) is 0.0644. The molecule has 1 saturated heterocycles. The molecule has 1 rings (SSSR count). The summed E-state index contributed by atoms with van der Waals surface area (Å²) in [5.41, 5.74) is 0. The van der Waals surface area contributed by atoms with E-state index in [1.807, 2.05) is 25.7 Å². The van der Waals surface area contributed by atoms with Crippen LogP contribution in [0.15, 0.2) is 0 Å². The molecule has 0 aromatic carbocycles. The minimum atomic E-state index is 0.0644. The SMILES string of the molecule is CC(C)OCC(=O)N1CCOCC1C. The van der Waals surface area contributed by atoms with Crippen molar-refractivity contribution >= 4 is 5.91 Å². The standard InChI is InChI=1S/C10H19NO3/c1-8(2)14-7-10(12)11-4-5-13-6-9(11)3/h8-9H,4-7H2,1-3H3. The van der Waals surface area contributed by atoms with Crippen LogP contribution in [0.5, 0.6) is 0 Å². The summed E-state index contributed by atoms with van der Waals surface area (Å²) < 4.78 is 10.5. The number of carbonyl (C=O) groups is 1. The highest BCUT2D eigenvalue weighted by molar-refractivity contribution is 5.77. The number of ether oxygens (including phenoxy) is 2. The minimum Gasteiger partial charge on any atom is -0.377 e. The fourth-order valence-electron chi connectivity index (χ4n) is 1.42. The van der Waals surface area contributed by atoms with Crippen molar-refractivity contribution in [3.8, 4) is 0 Å². The van der Waals surface area contributed by atoms with Crippen molar-refractivity contribution in [1.82, 2.24) is 4.90 Å². The fourth-order valence-corrected chi connectivity index (χ4v) is 1.42. The molecule has 82 valence electrons. The Labute approximate surface area is 85.2 Å². The molecule has 0 N–H and O–H groups in total. The van der Waals surface area contributed by atoms with E-state index in [1.165, 1.54) is 0 Å². The van der Waals surface area contributed by atoms with Crippen molar-refractivity contribution in [3.05, 3.63) is 0 Å². The van der Waals surface area contributed by atoms with Crippen LogP contribution in [0.25, 0.3) is 0 Å². The number of carbonyl (C=O) groups excluding carboxylic acids is 1. The first kappa shape index (κ1) is 11.5. The Hall–Kier alpha value is -0.610. The second kappa shape index (κ2) is 5.32. The largest absolute Gasteiger partial charge is 0.377 e. The first-order valence-electron chi connectivity index (χ1n) is 5.10. The molecular weight excluding hydrogens is 182 g/mol. The number of morpholine rings is 1. The Kier molecular flexibility index (Phi) is 4.35. The summed E-state index contributed by atoms with van der Waals surface area (Å²) in [6, 6.07) is 0.173. The van der Waals surface area contributed by atoms with Gasteiger partial charge in [-0.25, -0.2) is 0 Å². The molecule has 0 saturated carbocycles. The fraction of sp³-hybridized carbons (Fsp3) is 0.900. The lowest BCUT2D eigenvalue weighted by atomic mass is 10.2. The highest BCUT2D eigenvalue weighted by Gasteiger charge is 2.23. The van der Waals surface area contributed by atoms with Gasteiger partial charge in [-0.2, -0.15) is 0 Å². The predicted octanol–water partition coefficient (Wildman–Crippen LogP) is 0.659. The summed E-state index contributed by atoms with van der Waals surface area (Å²) >= 11 is 0. The van der Waals surface area contributed by atoms with Crippen molar-refractivity contribution in [2.24, 2.45) is 0 Å². The number of amides is 1. The third kappa shape index (κ3) is 3.27. The van der Waals surface area contributed by atoms with Crippen molar-refractivity contribution in [3.63, 3.8) is 0 Å². The second-order valence-electron chi connectivity index (χ2n) is 3.87. The van der Waals surface area contributed by atoms with E-state index in [2.05, 4.69) is 0 Å². The van der Waals surface area contributed by atoms with Gasteiger partial charge in [0.15, 0.2) is 0 Å². The smallest absolute Gasteiger partial charge is 0.248 e. The van der Waals surface area contributed by atoms with Crippen LogP contribution in [0.1, 0.15) is 20.8 Å². The Balaban J connectivity index is 2.34. The van der Waals surface area contributed by atoms with Gasteiger partial charge in [0, 0.05) is 6.54 Å². The first-order chi connectivity index (χ1) is 6.61. The Bertz CT molecular complexity index is 194. The summed E-state index contributed by atoms with van der Waals surface area (Å²) in [7, 11) is 0.